The van der Waals surface area contributed by atoms with Crippen molar-refractivity contribution in [2.24, 2.45) is 0 Å². The first-order valence-corrected chi connectivity index (χ1v) is 10.5. The van der Waals surface area contributed by atoms with Gasteiger partial charge in [-0.3, -0.25) is 0 Å². The molecule has 0 amide bonds. The highest BCUT2D eigenvalue weighted by atomic mass is 32.1. The van der Waals surface area contributed by atoms with Crippen molar-refractivity contribution in [2.45, 2.75) is 57.3 Å². The normalized spacial score (nSPS) is 22.5. The summed E-state index contributed by atoms with van der Waals surface area (Å²) in [7, 11) is 0. The summed E-state index contributed by atoms with van der Waals surface area (Å²) in [4.78, 5) is 4.38. The average Bonchev–Trinajstić information content (AvgIpc) is 3.10. The molecule has 1 nitrogen and oxygen atoms in total. The maximum absolute atomic E-state index is 2.71. The zero-order valence-corrected chi connectivity index (χ0v) is 15.7. The second-order valence-corrected chi connectivity index (χ2v) is 8.70. The third kappa shape index (κ3) is 3.60. The van der Waals surface area contributed by atoms with Crippen molar-refractivity contribution in [3.05, 3.63) is 57.3 Å². The lowest BCUT2D eigenvalue weighted by Crippen LogP contribution is -2.34. The lowest BCUT2D eigenvalue weighted by Gasteiger charge is -2.33. The van der Waals surface area contributed by atoms with E-state index in [1.54, 1.807) is 16.0 Å². The van der Waals surface area contributed by atoms with Crippen LogP contribution in [0.5, 0.6) is 0 Å². The summed E-state index contributed by atoms with van der Waals surface area (Å²) in [6.45, 7) is 6.03. The SMILES string of the molecule is Cc1ccc(C2CCN(CCC3CCCc4sccc43)CC2)cc1. The Morgan fingerprint density at radius 1 is 1.04 bits per heavy atom. The van der Waals surface area contributed by atoms with Crippen LogP contribution in [-0.2, 0) is 6.42 Å². The lowest BCUT2D eigenvalue weighted by molar-refractivity contribution is 0.203. The summed E-state index contributed by atoms with van der Waals surface area (Å²) in [5.74, 6) is 1.61. The Morgan fingerprint density at radius 3 is 2.62 bits per heavy atom. The fourth-order valence-corrected chi connectivity index (χ4v) is 5.56. The van der Waals surface area contributed by atoms with E-state index in [0.29, 0.717) is 0 Å². The first kappa shape index (κ1) is 16.4. The molecule has 1 fully saturated rings. The van der Waals surface area contributed by atoms with Crippen molar-refractivity contribution in [3.8, 4) is 0 Å². The predicted molar refractivity (Wildman–Crippen MR) is 104 cm³/mol. The minimum Gasteiger partial charge on any atom is -0.303 e. The van der Waals surface area contributed by atoms with E-state index in [9.17, 15) is 0 Å². The summed E-state index contributed by atoms with van der Waals surface area (Å²) in [5, 5.41) is 2.30. The molecule has 2 heterocycles. The van der Waals surface area contributed by atoms with Gasteiger partial charge in [-0.15, -0.1) is 11.3 Å². The van der Waals surface area contributed by atoms with Gasteiger partial charge in [0.05, 0.1) is 0 Å². The van der Waals surface area contributed by atoms with Crippen LogP contribution < -0.4 is 0 Å². The van der Waals surface area contributed by atoms with Gasteiger partial charge in [0.2, 0.25) is 0 Å². The first-order valence-electron chi connectivity index (χ1n) is 9.65. The fourth-order valence-electron chi connectivity index (χ4n) is 4.55. The van der Waals surface area contributed by atoms with Crippen LogP contribution >= 0.6 is 11.3 Å². The van der Waals surface area contributed by atoms with Crippen molar-refractivity contribution in [1.82, 2.24) is 4.90 Å². The second-order valence-electron chi connectivity index (χ2n) is 7.70. The molecule has 1 aliphatic heterocycles. The zero-order chi connectivity index (χ0) is 16.4. The molecule has 1 saturated heterocycles. The van der Waals surface area contributed by atoms with Crippen molar-refractivity contribution in [3.63, 3.8) is 0 Å². The number of hydrogen-bond acceptors (Lipinski definition) is 2. The quantitative estimate of drug-likeness (QED) is 0.686. The molecule has 2 aromatic rings. The van der Waals surface area contributed by atoms with E-state index in [1.807, 2.05) is 11.3 Å². The van der Waals surface area contributed by atoms with E-state index >= 15 is 0 Å². The van der Waals surface area contributed by atoms with Gasteiger partial charge in [-0.05, 0) is 99.5 Å². The highest BCUT2D eigenvalue weighted by Gasteiger charge is 2.24. The molecule has 1 atom stereocenters. The van der Waals surface area contributed by atoms with Gasteiger partial charge in [0.25, 0.3) is 0 Å². The molecule has 24 heavy (non-hydrogen) atoms. The highest BCUT2D eigenvalue weighted by Crippen LogP contribution is 2.37. The Hall–Kier alpha value is -1.12. The summed E-state index contributed by atoms with van der Waals surface area (Å²) >= 11 is 1.98. The average molecular weight is 340 g/mol. The number of benzene rings is 1. The van der Waals surface area contributed by atoms with E-state index in [2.05, 4.69) is 47.5 Å². The molecular formula is C22H29NS. The Labute approximate surface area is 150 Å². The largest absolute Gasteiger partial charge is 0.303 e. The molecule has 0 N–H and O–H groups in total. The monoisotopic (exact) mass is 339 g/mol. The lowest BCUT2D eigenvalue weighted by atomic mass is 9.85. The van der Waals surface area contributed by atoms with Crippen LogP contribution in [0.2, 0.25) is 0 Å². The van der Waals surface area contributed by atoms with Crippen LogP contribution in [0.3, 0.4) is 0 Å². The van der Waals surface area contributed by atoms with Gasteiger partial charge >= 0.3 is 0 Å². The van der Waals surface area contributed by atoms with E-state index < -0.39 is 0 Å². The summed E-state index contributed by atoms with van der Waals surface area (Å²) in [6, 6.07) is 11.6. The van der Waals surface area contributed by atoms with Crippen LogP contribution in [0.4, 0.5) is 0 Å². The third-order valence-electron chi connectivity index (χ3n) is 6.11. The van der Waals surface area contributed by atoms with Crippen LogP contribution in [0.25, 0.3) is 0 Å². The molecule has 0 radical (unpaired) electrons. The number of fused-ring (bicyclic) bond motifs is 1. The van der Waals surface area contributed by atoms with E-state index in [4.69, 9.17) is 0 Å². The van der Waals surface area contributed by atoms with Crippen LogP contribution in [0, 0.1) is 6.92 Å². The molecule has 1 aliphatic carbocycles. The van der Waals surface area contributed by atoms with Crippen LogP contribution in [0.1, 0.15) is 65.5 Å². The Kier molecular flexibility index (Phi) is 5.05. The number of nitrogens with zero attached hydrogens (tertiary/aromatic N) is 1. The van der Waals surface area contributed by atoms with Gasteiger partial charge in [-0.25, -0.2) is 0 Å². The Morgan fingerprint density at radius 2 is 1.83 bits per heavy atom. The minimum absolute atomic E-state index is 0.778. The van der Waals surface area contributed by atoms with Crippen molar-refractivity contribution in [1.29, 1.82) is 0 Å². The number of likely N-dealkylation sites (tertiary alicyclic amines) is 1. The maximum Gasteiger partial charge on any atom is 0.00800 e. The molecule has 0 spiro atoms. The number of rotatable bonds is 4. The first-order chi connectivity index (χ1) is 11.8. The molecule has 1 aromatic heterocycles. The number of thiophene rings is 1. The van der Waals surface area contributed by atoms with Gasteiger partial charge < -0.3 is 4.90 Å². The molecule has 128 valence electrons. The summed E-state index contributed by atoms with van der Waals surface area (Å²) in [5.41, 5.74) is 4.60. The Balaban J connectivity index is 1.28. The van der Waals surface area contributed by atoms with E-state index in [0.717, 1.165) is 11.8 Å². The third-order valence-corrected chi connectivity index (χ3v) is 7.10. The maximum atomic E-state index is 2.71. The van der Waals surface area contributed by atoms with Gasteiger partial charge in [0.1, 0.15) is 0 Å². The number of hydrogen-bond donors (Lipinski definition) is 0. The van der Waals surface area contributed by atoms with Gasteiger partial charge in [-0.2, -0.15) is 0 Å². The summed E-state index contributed by atoms with van der Waals surface area (Å²) < 4.78 is 0. The van der Waals surface area contributed by atoms with Gasteiger partial charge in [-0.1, -0.05) is 29.8 Å². The van der Waals surface area contributed by atoms with Crippen molar-refractivity contribution < 1.29 is 0 Å². The summed E-state index contributed by atoms with van der Waals surface area (Å²) in [6.07, 6.45) is 8.15. The number of piperidine rings is 1. The number of aryl methyl sites for hydroxylation is 2. The van der Waals surface area contributed by atoms with Crippen LogP contribution in [0.15, 0.2) is 35.7 Å². The fraction of sp³-hybridized carbons (Fsp3) is 0.545. The van der Waals surface area contributed by atoms with Crippen molar-refractivity contribution >= 4 is 11.3 Å². The van der Waals surface area contributed by atoms with Gasteiger partial charge in [0.15, 0.2) is 0 Å². The van der Waals surface area contributed by atoms with E-state index in [1.165, 1.54) is 63.7 Å². The topological polar surface area (TPSA) is 3.24 Å². The second kappa shape index (κ2) is 7.41. The molecule has 1 unspecified atom stereocenters. The molecule has 2 aliphatic rings. The molecular weight excluding hydrogens is 310 g/mol. The smallest absolute Gasteiger partial charge is 0.00800 e. The highest BCUT2D eigenvalue weighted by molar-refractivity contribution is 7.10. The van der Waals surface area contributed by atoms with E-state index in [-0.39, 0.29) is 0 Å². The molecule has 0 saturated carbocycles. The zero-order valence-electron chi connectivity index (χ0n) is 14.8. The molecule has 4 rings (SSSR count). The minimum atomic E-state index is 0.778. The standard InChI is InChI=1S/C22H29NS/c1-17-5-7-18(8-6-17)19-9-13-23(14-10-19)15-11-20-3-2-4-22-21(20)12-16-24-22/h5-8,12,16,19-20H,2-4,9-11,13-15H2,1H3. The van der Waals surface area contributed by atoms with Gasteiger partial charge in [0, 0.05) is 4.88 Å². The molecule has 1 aromatic carbocycles. The molecule has 0 bridgehead atoms. The predicted octanol–water partition coefficient (Wildman–Crippen LogP) is 5.75. The molecule has 2 heteroatoms. The van der Waals surface area contributed by atoms with Crippen LogP contribution in [-0.4, -0.2) is 24.5 Å². The van der Waals surface area contributed by atoms with Crippen molar-refractivity contribution in [2.75, 3.05) is 19.6 Å². The Bertz CT molecular complexity index is 649.